The highest BCUT2D eigenvalue weighted by molar-refractivity contribution is 7.92. The van der Waals surface area contributed by atoms with Crippen molar-refractivity contribution in [1.82, 2.24) is 9.97 Å². The van der Waals surface area contributed by atoms with Crippen molar-refractivity contribution in [2.75, 3.05) is 25.7 Å². The third kappa shape index (κ3) is 4.54. The van der Waals surface area contributed by atoms with Crippen LogP contribution in [0.1, 0.15) is 16.8 Å². The number of rotatable bonds is 5. The summed E-state index contributed by atoms with van der Waals surface area (Å²) in [6.07, 6.45) is 5.11. The highest BCUT2D eigenvalue weighted by Gasteiger charge is 2.22. The first kappa shape index (κ1) is 19.7. The number of nitrogens with zero attached hydrogens (tertiary/aromatic N) is 3. The average molecular weight is 415 g/mol. The molecule has 1 fully saturated rings. The molecule has 0 saturated carbocycles. The minimum absolute atomic E-state index is 0.0541. The van der Waals surface area contributed by atoms with Gasteiger partial charge >= 0.3 is 0 Å². The molecule has 3 aromatic rings. The molecule has 2 aromatic carbocycles. The average Bonchev–Trinajstić information content (AvgIpc) is 2.58. The van der Waals surface area contributed by atoms with Crippen LogP contribution >= 0.6 is 0 Å². The van der Waals surface area contributed by atoms with Gasteiger partial charge in [-0.1, -0.05) is 6.07 Å². The van der Waals surface area contributed by atoms with E-state index in [1.807, 2.05) is 19.1 Å². The standard InChI is InChI=1S/C21H22FN3O3S/c1-13-6-16(25-29(2,3)26)9-19-21(13)18(23-12-24-19)7-14-4-5-15(22)8-20(14)28-17-10-27-11-17/h4-6,8-9,12,17H,7,10-11H2,1-3H3. The van der Waals surface area contributed by atoms with Crippen LogP contribution in [0.5, 0.6) is 5.75 Å². The summed E-state index contributed by atoms with van der Waals surface area (Å²) in [5, 5.41) is 0.910. The number of fused-ring (bicyclic) bond motifs is 1. The number of hydrogen-bond donors (Lipinski definition) is 0. The second kappa shape index (κ2) is 7.68. The Morgan fingerprint density at radius 1 is 1.24 bits per heavy atom. The number of hydrogen-bond acceptors (Lipinski definition) is 6. The minimum atomic E-state index is -2.27. The Bertz CT molecular complexity index is 1190. The molecule has 0 aliphatic carbocycles. The summed E-state index contributed by atoms with van der Waals surface area (Å²) in [7, 11) is -2.27. The van der Waals surface area contributed by atoms with Gasteiger partial charge in [-0.05, 0) is 30.7 Å². The fraction of sp³-hybridized carbons (Fsp3) is 0.333. The maximum absolute atomic E-state index is 13.8. The molecule has 0 unspecified atom stereocenters. The van der Waals surface area contributed by atoms with Gasteiger partial charge in [0.05, 0.1) is 30.1 Å². The second-order valence-corrected chi connectivity index (χ2v) is 10.0. The zero-order valence-electron chi connectivity index (χ0n) is 16.5. The molecule has 8 heteroatoms. The summed E-state index contributed by atoms with van der Waals surface area (Å²) < 4.78 is 41.1. The van der Waals surface area contributed by atoms with E-state index < -0.39 is 9.73 Å². The molecular formula is C21H22FN3O3S. The molecule has 1 aromatic heterocycles. The van der Waals surface area contributed by atoms with Crippen molar-refractivity contribution in [2.24, 2.45) is 4.36 Å². The molecule has 0 radical (unpaired) electrons. The predicted octanol–water partition coefficient (Wildman–Crippen LogP) is 3.80. The van der Waals surface area contributed by atoms with E-state index in [0.29, 0.717) is 31.1 Å². The number of benzene rings is 2. The summed E-state index contributed by atoms with van der Waals surface area (Å²) >= 11 is 0. The predicted molar refractivity (Wildman–Crippen MR) is 111 cm³/mol. The Labute approximate surface area is 169 Å². The van der Waals surface area contributed by atoms with E-state index in [1.165, 1.54) is 18.5 Å². The Kier molecular flexibility index (Phi) is 5.23. The number of aryl methyl sites for hydroxylation is 1. The maximum atomic E-state index is 13.8. The third-order valence-corrected chi connectivity index (χ3v) is 5.26. The number of ether oxygens (including phenoxy) is 2. The Balaban J connectivity index is 1.75. The molecule has 4 rings (SSSR count). The molecular weight excluding hydrogens is 393 g/mol. The first-order chi connectivity index (χ1) is 13.8. The van der Waals surface area contributed by atoms with Crippen LogP contribution in [0.4, 0.5) is 10.1 Å². The van der Waals surface area contributed by atoms with Crippen molar-refractivity contribution in [3.63, 3.8) is 0 Å². The van der Waals surface area contributed by atoms with Crippen molar-refractivity contribution >= 4 is 26.3 Å². The maximum Gasteiger partial charge on any atom is 0.145 e. The van der Waals surface area contributed by atoms with Gasteiger partial charge in [-0.15, -0.1) is 0 Å². The highest BCUT2D eigenvalue weighted by Crippen LogP contribution is 2.30. The van der Waals surface area contributed by atoms with E-state index in [2.05, 4.69) is 14.3 Å². The lowest BCUT2D eigenvalue weighted by molar-refractivity contribution is -0.0800. The van der Waals surface area contributed by atoms with Crippen LogP contribution in [0, 0.1) is 12.7 Å². The largest absolute Gasteiger partial charge is 0.485 e. The van der Waals surface area contributed by atoms with Crippen LogP contribution in [-0.4, -0.2) is 46.0 Å². The molecule has 1 saturated heterocycles. The lowest BCUT2D eigenvalue weighted by Crippen LogP contribution is -2.38. The summed E-state index contributed by atoms with van der Waals surface area (Å²) in [5.41, 5.74) is 3.96. The molecule has 1 aliphatic rings. The first-order valence-electron chi connectivity index (χ1n) is 9.23. The Hall–Kier alpha value is -2.58. The summed E-state index contributed by atoms with van der Waals surface area (Å²) in [6.45, 7) is 2.97. The van der Waals surface area contributed by atoms with E-state index in [9.17, 15) is 8.60 Å². The van der Waals surface area contributed by atoms with Crippen molar-refractivity contribution in [3.05, 3.63) is 59.3 Å². The molecule has 0 N–H and O–H groups in total. The highest BCUT2D eigenvalue weighted by atomic mass is 32.2. The minimum Gasteiger partial charge on any atom is -0.485 e. The van der Waals surface area contributed by atoms with Gasteiger partial charge in [0.15, 0.2) is 0 Å². The molecule has 152 valence electrons. The molecule has 0 spiro atoms. The smallest absolute Gasteiger partial charge is 0.145 e. The van der Waals surface area contributed by atoms with Gasteiger partial charge in [-0.3, -0.25) is 0 Å². The Morgan fingerprint density at radius 2 is 2.03 bits per heavy atom. The SMILES string of the molecule is Cc1cc(N=S(C)(C)=O)cc2ncnc(Cc3ccc(F)cc3OC3COC3)c12. The molecule has 0 bridgehead atoms. The van der Waals surface area contributed by atoms with E-state index >= 15 is 0 Å². The van der Waals surface area contributed by atoms with Gasteiger partial charge in [0, 0.05) is 45.7 Å². The Morgan fingerprint density at radius 3 is 2.72 bits per heavy atom. The van der Waals surface area contributed by atoms with Gasteiger partial charge in [0.1, 0.15) is 24.0 Å². The van der Waals surface area contributed by atoms with E-state index in [4.69, 9.17) is 9.47 Å². The zero-order chi connectivity index (χ0) is 20.6. The molecule has 0 atom stereocenters. The fourth-order valence-corrected chi connectivity index (χ4v) is 3.93. The lowest BCUT2D eigenvalue weighted by Gasteiger charge is -2.27. The van der Waals surface area contributed by atoms with Crippen molar-refractivity contribution in [3.8, 4) is 5.75 Å². The van der Waals surface area contributed by atoms with Gasteiger partial charge in [0.25, 0.3) is 0 Å². The first-order valence-corrected chi connectivity index (χ1v) is 11.6. The normalized spacial score (nSPS) is 14.6. The summed E-state index contributed by atoms with van der Waals surface area (Å²) in [4.78, 5) is 8.84. The second-order valence-electron chi connectivity index (χ2n) is 7.46. The third-order valence-electron chi connectivity index (χ3n) is 4.61. The van der Waals surface area contributed by atoms with E-state index in [1.54, 1.807) is 18.6 Å². The topological polar surface area (TPSA) is 73.7 Å². The van der Waals surface area contributed by atoms with Crippen LogP contribution in [0.25, 0.3) is 10.9 Å². The van der Waals surface area contributed by atoms with Gasteiger partial charge in [0.2, 0.25) is 0 Å². The summed E-state index contributed by atoms with van der Waals surface area (Å²) in [6, 6.07) is 8.25. The lowest BCUT2D eigenvalue weighted by atomic mass is 10.0. The molecule has 1 aliphatic heterocycles. The van der Waals surface area contributed by atoms with Crippen molar-refractivity contribution in [1.29, 1.82) is 0 Å². The zero-order valence-corrected chi connectivity index (χ0v) is 17.3. The van der Waals surface area contributed by atoms with Crippen LogP contribution in [0.15, 0.2) is 41.0 Å². The van der Waals surface area contributed by atoms with E-state index in [-0.39, 0.29) is 11.9 Å². The van der Waals surface area contributed by atoms with Crippen LogP contribution in [-0.2, 0) is 20.9 Å². The van der Waals surface area contributed by atoms with Gasteiger partial charge < -0.3 is 9.47 Å². The molecule has 29 heavy (non-hydrogen) atoms. The monoisotopic (exact) mass is 415 g/mol. The van der Waals surface area contributed by atoms with Crippen LogP contribution in [0.2, 0.25) is 0 Å². The number of halogens is 1. The molecule has 6 nitrogen and oxygen atoms in total. The van der Waals surface area contributed by atoms with E-state index in [0.717, 1.165) is 27.7 Å². The molecule has 2 heterocycles. The fourth-order valence-electron chi connectivity index (χ4n) is 3.32. The van der Waals surface area contributed by atoms with Crippen molar-refractivity contribution < 1.29 is 18.1 Å². The van der Waals surface area contributed by atoms with Crippen molar-refractivity contribution in [2.45, 2.75) is 19.4 Å². The summed E-state index contributed by atoms with van der Waals surface area (Å²) in [5.74, 6) is 0.160. The van der Waals surface area contributed by atoms with Crippen LogP contribution in [0.3, 0.4) is 0 Å². The molecule has 0 amide bonds. The van der Waals surface area contributed by atoms with Gasteiger partial charge in [-0.25, -0.2) is 18.6 Å². The van der Waals surface area contributed by atoms with Gasteiger partial charge in [-0.2, -0.15) is 4.36 Å². The van der Waals surface area contributed by atoms with Crippen LogP contribution < -0.4 is 4.74 Å². The number of aromatic nitrogens is 2. The quantitative estimate of drug-likeness (QED) is 0.634.